The quantitative estimate of drug-likeness (QED) is 0.535. The van der Waals surface area contributed by atoms with Crippen LogP contribution in [-0.4, -0.2) is 49.7 Å². The first-order valence-corrected chi connectivity index (χ1v) is 10.4. The van der Waals surface area contributed by atoms with Gasteiger partial charge in [-0.15, -0.1) is 0 Å². The molecule has 0 aromatic heterocycles. The molecule has 1 atom stereocenters. The molecule has 1 fully saturated rings. The number of hydrogen-bond donors (Lipinski definition) is 2. The summed E-state index contributed by atoms with van der Waals surface area (Å²) in [7, 11) is 1.76. The number of ether oxygens (including phenoxy) is 1. The summed E-state index contributed by atoms with van der Waals surface area (Å²) in [5, 5.41) is 6.80. The minimum Gasteiger partial charge on any atom is -0.489 e. The number of aliphatic imine (C=N–C) groups is 1. The topological polar surface area (TPSA) is 48.9 Å². The van der Waals surface area contributed by atoms with Crippen molar-refractivity contribution in [3.8, 4) is 5.75 Å². The summed E-state index contributed by atoms with van der Waals surface area (Å²) in [5.74, 6) is 0.0224. The molecule has 1 saturated heterocycles. The second kappa shape index (κ2) is 10.9. The lowest BCUT2D eigenvalue weighted by Gasteiger charge is -2.33. The van der Waals surface area contributed by atoms with Gasteiger partial charge in [0.2, 0.25) is 0 Å². The molecule has 30 heavy (non-hydrogen) atoms. The fourth-order valence-corrected chi connectivity index (χ4v) is 3.53. The van der Waals surface area contributed by atoms with Crippen molar-refractivity contribution >= 4 is 5.96 Å². The molecule has 1 heterocycles. The zero-order valence-electron chi connectivity index (χ0n) is 17.6. The average Bonchev–Trinajstić information content (AvgIpc) is 2.75. The van der Waals surface area contributed by atoms with Gasteiger partial charge < -0.3 is 15.4 Å². The van der Waals surface area contributed by atoms with Gasteiger partial charge in [0.05, 0.1) is 6.54 Å². The molecule has 0 spiro atoms. The van der Waals surface area contributed by atoms with E-state index in [1.807, 2.05) is 37.3 Å². The highest BCUT2D eigenvalue weighted by atomic mass is 19.2. The van der Waals surface area contributed by atoms with Crippen molar-refractivity contribution in [3.05, 3.63) is 65.7 Å². The Labute approximate surface area is 177 Å². The van der Waals surface area contributed by atoms with Crippen molar-refractivity contribution < 1.29 is 13.5 Å². The van der Waals surface area contributed by atoms with Gasteiger partial charge in [0.15, 0.2) is 17.6 Å². The number of rotatable bonds is 7. The highest BCUT2D eigenvalue weighted by molar-refractivity contribution is 5.80. The monoisotopic (exact) mass is 416 g/mol. The average molecular weight is 417 g/mol. The van der Waals surface area contributed by atoms with E-state index in [9.17, 15) is 8.78 Å². The summed E-state index contributed by atoms with van der Waals surface area (Å²) in [4.78, 5) is 6.57. The van der Waals surface area contributed by atoms with Crippen molar-refractivity contribution in [2.75, 3.05) is 26.7 Å². The van der Waals surface area contributed by atoms with E-state index < -0.39 is 11.6 Å². The molecular weight excluding hydrogens is 386 g/mol. The van der Waals surface area contributed by atoms with Gasteiger partial charge >= 0.3 is 0 Å². The van der Waals surface area contributed by atoms with E-state index in [1.54, 1.807) is 13.1 Å². The van der Waals surface area contributed by atoms with Crippen LogP contribution in [0.2, 0.25) is 0 Å². The lowest BCUT2D eigenvalue weighted by atomic mass is 10.0. The van der Waals surface area contributed by atoms with E-state index in [4.69, 9.17) is 4.74 Å². The van der Waals surface area contributed by atoms with Crippen LogP contribution in [0.5, 0.6) is 5.75 Å². The number of likely N-dealkylation sites (tertiary alicyclic amines) is 1. The third-order valence-corrected chi connectivity index (χ3v) is 5.18. The molecule has 0 amide bonds. The Kier molecular flexibility index (Phi) is 8.02. The molecule has 1 aliphatic rings. The van der Waals surface area contributed by atoms with E-state index in [0.29, 0.717) is 19.1 Å². The van der Waals surface area contributed by atoms with Gasteiger partial charge in [-0.25, -0.2) is 8.78 Å². The normalized spacial score (nSPS) is 16.9. The van der Waals surface area contributed by atoms with Gasteiger partial charge in [-0.1, -0.05) is 24.3 Å². The first kappa shape index (κ1) is 22.0. The second-order valence-electron chi connectivity index (χ2n) is 7.64. The Morgan fingerprint density at radius 1 is 1.13 bits per heavy atom. The van der Waals surface area contributed by atoms with Gasteiger partial charge in [0, 0.05) is 32.7 Å². The van der Waals surface area contributed by atoms with Crippen molar-refractivity contribution in [2.24, 2.45) is 4.99 Å². The van der Waals surface area contributed by atoms with Crippen LogP contribution in [0.25, 0.3) is 0 Å². The standard InChI is InChI=1S/C23H30F2N4O/c1-17(30-20-6-4-3-5-7-20)15-27-23(26-2)28-19-10-12-29(13-11-19)16-18-8-9-21(24)22(25)14-18/h3-9,14,17,19H,10-13,15-16H2,1-2H3,(H2,26,27,28). The first-order valence-electron chi connectivity index (χ1n) is 10.4. The molecule has 0 radical (unpaired) electrons. The number of nitrogens with zero attached hydrogens (tertiary/aromatic N) is 2. The molecule has 0 saturated carbocycles. The highest BCUT2D eigenvalue weighted by Gasteiger charge is 2.20. The smallest absolute Gasteiger partial charge is 0.191 e. The number of para-hydroxylation sites is 1. The van der Waals surface area contributed by atoms with Gasteiger partial charge in [-0.2, -0.15) is 0 Å². The van der Waals surface area contributed by atoms with Crippen LogP contribution in [0, 0.1) is 11.6 Å². The molecule has 2 aromatic carbocycles. The second-order valence-corrected chi connectivity index (χ2v) is 7.64. The lowest BCUT2D eigenvalue weighted by molar-refractivity contribution is 0.197. The molecule has 3 rings (SSSR count). The fraction of sp³-hybridized carbons (Fsp3) is 0.435. The number of hydrogen-bond acceptors (Lipinski definition) is 3. The largest absolute Gasteiger partial charge is 0.489 e. The van der Waals surface area contributed by atoms with Gasteiger partial charge in [0.1, 0.15) is 11.9 Å². The molecule has 2 aromatic rings. The lowest BCUT2D eigenvalue weighted by Crippen LogP contribution is -2.49. The van der Waals surface area contributed by atoms with E-state index >= 15 is 0 Å². The van der Waals surface area contributed by atoms with E-state index in [2.05, 4.69) is 20.5 Å². The molecule has 7 heteroatoms. The number of nitrogens with one attached hydrogen (secondary N) is 2. The van der Waals surface area contributed by atoms with Crippen LogP contribution in [0.4, 0.5) is 8.78 Å². The Morgan fingerprint density at radius 3 is 2.53 bits per heavy atom. The zero-order valence-corrected chi connectivity index (χ0v) is 17.6. The minimum atomic E-state index is -0.802. The summed E-state index contributed by atoms with van der Waals surface area (Å²) in [5.41, 5.74) is 0.796. The maximum absolute atomic E-state index is 13.4. The van der Waals surface area contributed by atoms with Crippen LogP contribution in [-0.2, 0) is 6.54 Å². The van der Waals surface area contributed by atoms with Gasteiger partial charge in [0.25, 0.3) is 0 Å². The van der Waals surface area contributed by atoms with Crippen molar-refractivity contribution in [2.45, 2.75) is 38.5 Å². The van der Waals surface area contributed by atoms with Gasteiger partial charge in [-0.3, -0.25) is 9.89 Å². The third kappa shape index (κ3) is 6.69. The molecule has 1 aliphatic heterocycles. The number of benzene rings is 2. The van der Waals surface area contributed by atoms with Crippen LogP contribution < -0.4 is 15.4 Å². The predicted octanol–water partition coefficient (Wildman–Crippen LogP) is 3.56. The van der Waals surface area contributed by atoms with Crippen molar-refractivity contribution in [1.29, 1.82) is 0 Å². The van der Waals surface area contributed by atoms with Crippen LogP contribution in [0.1, 0.15) is 25.3 Å². The SMILES string of the molecule is CN=C(NCC(C)Oc1ccccc1)NC1CCN(Cc2ccc(F)c(F)c2)CC1. The molecule has 0 bridgehead atoms. The van der Waals surface area contributed by atoms with E-state index in [0.717, 1.165) is 43.2 Å². The Hall–Kier alpha value is -2.67. The molecular formula is C23H30F2N4O. The van der Waals surface area contributed by atoms with Crippen molar-refractivity contribution in [1.82, 2.24) is 15.5 Å². The van der Waals surface area contributed by atoms with Crippen LogP contribution >= 0.6 is 0 Å². The third-order valence-electron chi connectivity index (χ3n) is 5.18. The fourth-order valence-electron chi connectivity index (χ4n) is 3.53. The number of halogens is 2. The molecule has 162 valence electrons. The summed E-state index contributed by atoms with van der Waals surface area (Å²) in [6, 6.07) is 14.2. The molecule has 1 unspecified atom stereocenters. The Bertz CT molecular complexity index is 823. The summed E-state index contributed by atoms with van der Waals surface area (Å²) in [6.45, 7) is 5.07. The Balaban J connectivity index is 1.39. The van der Waals surface area contributed by atoms with Gasteiger partial charge in [-0.05, 0) is 49.6 Å². The minimum absolute atomic E-state index is 0.00361. The summed E-state index contributed by atoms with van der Waals surface area (Å²) >= 11 is 0. The summed E-state index contributed by atoms with van der Waals surface area (Å²) in [6.07, 6.45) is 1.92. The summed E-state index contributed by atoms with van der Waals surface area (Å²) < 4.78 is 32.4. The zero-order chi connectivity index (χ0) is 21.3. The Morgan fingerprint density at radius 2 is 1.87 bits per heavy atom. The van der Waals surface area contributed by atoms with E-state index in [-0.39, 0.29) is 6.10 Å². The maximum Gasteiger partial charge on any atom is 0.191 e. The highest BCUT2D eigenvalue weighted by Crippen LogP contribution is 2.16. The van der Waals surface area contributed by atoms with Crippen molar-refractivity contribution in [3.63, 3.8) is 0 Å². The number of guanidine groups is 1. The first-order chi connectivity index (χ1) is 14.5. The predicted molar refractivity (Wildman–Crippen MR) is 116 cm³/mol. The van der Waals surface area contributed by atoms with E-state index in [1.165, 1.54) is 12.1 Å². The van der Waals surface area contributed by atoms with Crippen LogP contribution in [0.15, 0.2) is 53.5 Å². The maximum atomic E-state index is 13.4. The molecule has 0 aliphatic carbocycles. The van der Waals surface area contributed by atoms with Crippen LogP contribution in [0.3, 0.4) is 0 Å². The molecule has 2 N–H and O–H groups in total. The molecule has 5 nitrogen and oxygen atoms in total. The number of piperidine rings is 1.